The van der Waals surface area contributed by atoms with Crippen LogP contribution in [0.4, 0.5) is 4.79 Å². The van der Waals surface area contributed by atoms with Crippen LogP contribution in [0.5, 0.6) is 5.75 Å². The fourth-order valence-corrected chi connectivity index (χ4v) is 4.60. The highest BCUT2D eigenvalue weighted by Gasteiger charge is 2.38. The Labute approximate surface area is 164 Å². The lowest BCUT2D eigenvalue weighted by molar-refractivity contribution is -0.118. The van der Waals surface area contributed by atoms with Crippen molar-refractivity contribution in [3.63, 3.8) is 0 Å². The molecule has 2 unspecified atom stereocenters. The lowest BCUT2D eigenvalue weighted by atomic mass is 9.71. The molecule has 27 heavy (non-hydrogen) atoms. The summed E-state index contributed by atoms with van der Waals surface area (Å²) in [4.78, 5) is 28.0. The van der Waals surface area contributed by atoms with Gasteiger partial charge in [0.25, 0.3) is 5.24 Å². The first-order valence-electron chi connectivity index (χ1n) is 9.40. The van der Waals surface area contributed by atoms with Crippen molar-refractivity contribution < 1.29 is 19.2 Å². The summed E-state index contributed by atoms with van der Waals surface area (Å²) in [5.74, 6) is 0.589. The topological polar surface area (TPSA) is 77.0 Å². The Balaban J connectivity index is 1.61. The quantitative estimate of drug-likeness (QED) is 0.714. The van der Waals surface area contributed by atoms with Crippen LogP contribution < -0.4 is 10.1 Å². The largest absolute Gasteiger partial charge is 0.493 e. The van der Waals surface area contributed by atoms with Gasteiger partial charge in [-0.2, -0.15) is 0 Å². The number of thioether (sulfide) groups is 1. The average Bonchev–Trinajstić information content (AvgIpc) is 2.99. The van der Waals surface area contributed by atoms with Crippen molar-refractivity contribution in [1.82, 2.24) is 5.32 Å². The van der Waals surface area contributed by atoms with E-state index in [9.17, 15) is 9.59 Å². The van der Waals surface area contributed by atoms with Gasteiger partial charge < -0.3 is 9.57 Å². The third kappa shape index (κ3) is 4.64. The molecule has 1 aliphatic carbocycles. The van der Waals surface area contributed by atoms with E-state index in [0.29, 0.717) is 13.0 Å². The third-order valence-electron chi connectivity index (χ3n) is 5.44. The van der Waals surface area contributed by atoms with E-state index in [1.807, 2.05) is 24.3 Å². The number of amides is 2. The molecule has 6 nitrogen and oxygen atoms in total. The Bertz CT molecular complexity index is 719. The second kappa shape index (κ2) is 8.78. The number of hydrogen-bond acceptors (Lipinski definition) is 6. The summed E-state index contributed by atoms with van der Waals surface area (Å²) in [6.45, 7) is 2.76. The maximum absolute atomic E-state index is 11.7. The number of rotatable bonds is 7. The standard InChI is InChI=1S/C20H26N2O4S/c1-3-20(11-5-4-6-17(20)22-25-2)13-26-15-9-7-14(8-10-15)12-16-18(23)21-19(24)27-16/h7-10,16H,3-6,11-13H2,1-2H3,(H,21,23,24)/b22-17-. The normalized spacial score (nSPS) is 26.9. The number of oxime groups is 1. The smallest absolute Gasteiger partial charge is 0.286 e. The number of benzene rings is 1. The van der Waals surface area contributed by atoms with Crippen LogP contribution in [-0.4, -0.2) is 35.8 Å². The molecule has 1 N–H and O–H groups in total. The van der Waals surface area contributed by atoms with E-state index in [4.69, 9.17) is 9.57 Å². The van der Waals surface area contributed by atoms with Gasteiger partial charge in [-0.05, 0) is 49.8 Å². The van der Waals surface area contributed by atoms with E-state index < -0.39 is 0 Å². The van der Waals surface area contributed by atoms with E-state index >= 15 is 0 Å². The fourth-order valence-electron chi connectivity index (χ4n) is 3.74. The van der Waals surface area contributed by atoms with E-state index in [1.165, 1.54) is 6.42 Å². The molecule has 1 aromatic rings. The molecule has 2 fully saturated rings. The lowest BCUT2D eigenvalue weighted by Crippen LogP contribution is -2.39. The SMILES string of the molecule is CCC1(COc2ccc(CC3SC(=O)NC3=O)cc2)CCCC/C1=N/OC. The highest BCUT2D eigenvalue weighted by Crippen LogP contribution is 2.38. The van der Waals surface area contributed by atoms with Crippen molar-refractivity contribution in [1.29, 1.82) is 0 Å². The number of nitrogens with zero attached hydrogens (tertiary/aromatic N) is 1. The van der Waals surface area contributed by atoms with Gasteiger partial charge in [-0.1, -0.05) is 42.4 Å². The van der Waals surface area contributed by atoms with Crippen LogP contribution in [0.2, 0.25) is 0 Å². The number of ether oxygens (including phenoxy) is 1. The van der Waals surface area contributed by atoms with Crippen LogP contribution in [0.3, 0.4) is 0 Å². The number of hydrogen-bond donors (Lipinski definition) is 1. The summed E-state index contributed by atoms with van der Waals surface area (Å²) in [6.07, 6.45) is 5.85. The van der Waals surface area contributed by atoms with Crippen LogP contribution in [0.15, 0.2) is 29.4 Å². The van der Waals surface area contributed by atoms with E-state index in [0.717, 1.165) is 54.5 Å². The zero-order valence-corrected chi connectivity index (χ0v) is 16.6. The molecule has 7 heteroatoms. The van der Waals surface area contributed by atoms with Crippen LogP contribution >= 0.6 is 11.8 Å². The van der Waals surface area contributed by atoms with Crippen LogP contribution in [-0.2, 0) is 16.1 Å². The Kier molecular flexibility index (Phi) is 6.42. The molecule has 0 radical (unpaired) electrons. The summed E-state index contributed by atoms with van der Waals surface area (Å²) < 4.78 is 6.10. The zero-order chi connectivity index (χ0) is 19.3. The predicted octanol–water partition coefficient (Wildman–Crippen LogP) is 3.93. The van der Waals surface area contributed by atoms with E-state index in [1.54, 1.807) is 7.11 Å². The summed E-state index contributed by atoms with van der Waals surface area (Å²) in [5, 5.41) is 5.98. The first-order valence-corrected chi connectivity index (χ1v) is 10.3. The predicted molar refractivity (Wildman–Crippen MR) is 106 cm³/mol. The molecule has 0 aromatic heterocycles. The van der Waals surface area contributed by atoms with Gasteiger partial charge in [0.2, 0.25) is 5.91 Å². The van der Waals surface area contributed by atoms with Crippen molar-refractivity contribution in [3.05, 3.63) is 29.8 Å². The highest BCUT2D eigenvalue weighted by molar-refractivity contribution is 8.15. The maximum Gasteiger partial charge on any atom is 0.286 e. The lowest BCUT2D eigenvalue weighted by Gasteiger charge is -2.36. The molecule has 1 saturated heterocycles. The first kappa shape index (κ1) is 19.7. The van der Waals surface area contributed by atoms with Gasteiger partial charge >= 0.3 is 0 Å². The minimum absolute atomic E-state index is 0.0636. The van der Waals surface area contributed by atoms with Crippen molar-refractivity contribution >= 4 is 28.6 Å². The van der Waals surface area contributed by atoms with E-state index in [2.05, 4.69) is 17.4 Å². The molecule has 3 rings (SSSR count). The van der Waals surface area contributed by atoms with Gasteiger partial charge in [-0.15, -0.1) is 0 Å². The monoisotopic (exact) mass is 390 g/mol. The van der Waals surface area contributed by atoms with Crippen molar-refractivity contribution in [3.8, 4) is 5.75 Å². The summed E-state index contributed by atoms with van der Waals surface area (Å²) in [7, 11) is 1.60. The second-order valence-electron chi connectivity index (χ2n) is 7.08. The molecule has 2 aliphatic rings. The Morgan fingerprint density at radius 3 is 2.67 bits per heavy atom. The molecule has 2 amide bonds. The molecule has 1 aromatic carbocycles. The molecule has 146 valence electrons. The number of carbonyl (C=O) groups excluding carboxylic acids is 2. The maximum atomic E-state index is 11.7. The molecule has 1 heterocycles. The van der Waals surface area contributed by atoms with Crippen LogP contribution in [0.1, 0.15) is 44.6 Å². The highest BCUT2D eigenvalue weighted by atomic mass is 32.2. The molecule has 1 saturated carbocycles. The summed E-state index contributed by atoms with van der Waals surface area (Å²) >= 11 is 1.05. The van der Waals surface area contributed by atoms with Gasteiger partial charge in [-0.3, -0.25) is 14.9 Å². The third-order valence-corrected chi connectivity index (χ3v) is 6.42. The van der Waals surface area contributed by atoms with E-state index in [-0.39, 0.29) is 21.8 Å². The first-order chi connectivity index (χ1) is 13.1. The Hall–Kier alpha value is -2.02. The Morgan fingerprint density at radius 2 is 2.04 bits per heavy atom. The fraction of sp³-hybridized carbons (Fsp3) is 0.550. The van der Waals surface area contributed by atoms with Crippen LogP contribution in [0, 0.1) is 5.41 Å². The van der Waals surface area contributed by atoms with Gasteiger partial charge in [0, 0.05) is 5.41 Å². The van der Waals surface area contributed by atoms with Gasteiger partial charge in [0.05, 0.1) is 17.6 Å². The number of carbonyl (C=O) groups is 2. The molecule has 2 atom stereocenters. The van der Waals surface area contributed by atoms with Gasteiger partial charge in [0.15, 0.2) is 0 Å². The molecular formula is C20H26N2O4S. The van der Waals surface area contributed by atoms with Gasteiger partial charge in [-0.25, -0.2) is 0 Å². The van der Waals surface area contributed by atoms with Gasteiger partial charge in [0.1, 0.15) is 12.9 Å². The molecular weight excluding hydrogens is 364 g/mol. The molecule has 0 bridgehead atoms. The Morgan fingerprint density at radius 1 is 1.26 bits per heavy atom. The molecule has 1 aliphatic heterocycles. The average molecular weight is 391 g/mol. The second-order valence-corrected chi connectivity index (χ2v) is 8.26. The zero-order valence-electron chi connectivity index (χ0n) is 15.8. The van der Waals surface area contributed by atoms with Crippen LogP contribution in [0.25, 0.3) is 0 Å². The van der Waals surface area contributed by atoms with Crippen molar-refractivity contribution in [2.24, 2.45) is 10.6 Å². The minimum Gasteiger partial charge on any atom is -0.493 e. The number of nitrogens with one attached hydrogen (secondary N) is 1. The minimum atomic E-state index is -0.345. The summed E-state index contributed by atoms with van der Waals surface area (Å²) in [5.41, 5.74) is 2.05. The van der Waals surface area contributed by atoms with Crippen molar-refractivity contribution in [2.45, 2.75) is 50.7 Å². The van der Waals surface area contributed by atoms with Crippen molar-refractivity contribution in [2.75, 3.05) is 13.7 Å². The summed E-state index contributed by atoms with van der Waals surface area (Å²) in [6, 6.07) is 7.76. The molecule has 0 spiro atoms. The number of imide groups is 1.